The van der Waals surface area contributed by atoms with E-state index in [1.807, 2.05) is 0 Å². The Hall–Kier alpha value is -0.910. The number of hydrogen-bond acceptors (Lipinski definition) is 4. The molecule has 0 aliphatic heterocycles. The average molecular weight is 247 g/mol. The molecule has 0 saturated carbocycles. The van der Waals surface area contributed by atoms with E-state index in [2.05, 4.69) is 4.98 Å². The summed E-state index contributed by atoms with van der Waals surface area (Å²) in [5.41, 5.74) is -0.167. The molecule has 5 nitrogen and oxygen atoms in total. The number of aromatic nitrogens is 1. The van der Waals surface area contributed by atoms with Gasteiger partial charge in [-0.3, -0.25) is 15.1 Å². The number of pyridine rings is 1. The van der Waals surface area contributed by atoms with Crippen molar-refractivity contribution >= 4 is 5.69 Å². The predicted molar refractivity (Wildman–Crippen MR) is 30.3 cm³/mol. The Morgan fingerprint density at radius 1 is 1.45 bits per heavy atom. The molecule has 1 aromatic heterocycles. The second-order valence-corrected chi connectivity index (χ2v) is 1.61. The molecule has 1 aromatic rings. The van der Waals surface area contributed by atoms with Crippen LogP contribution >= 0.6 is 0 Å². The van der Waals surface area contributed by atoms with Gasteiger partial charge in [0.05, 0.1) is 4.92 Å². The first-order valence-corrected chi connectivity index (χ1v) is 2.47. The van der Waals surface area contributed by atoms with Crippen LogP contribution in [0.5, 0.6) is 5.88 Å². The first kappa shape index (κ1) is 10.1. The van der Waals surface area contributed by atoms with Crippen molar-refractivity contribution in [2.75, 3.05) is 0 Å². The molecule has 0 unspecified atom stereocenters. The summed E-state index contributed by atoms with van der Waals surface area (Å²) in [4.78, 5) is 12.6. The summed E-state index contributed by atoms with van der Waals surface area (Å²) in [5, 5.41) is 20.3. The van der Waals surface area contributed by atoms with Crippen molar-refractivity contribution in [1.82, 2.24) is 4.98 Å². The van der Waals surface area contributed by atoms with Crippen molar-refractivity contribution < 1.29 is 32.4 Å². The summed E-state index contributed by atoms with van der Waals surface area (Å²) in [6, 6.07) is 2.17. The molecule has 0 radical (unpaired) electrons. The van der Waals surface area contributed by atoms with Crippen LogP contribution in [0.25, 0.3) is 0 Å². The first-order valence-electron chi connectivity index (χ1n) is 2.47. The van der Waals surface area contributed by atoms with Crippen molar-refractivity contribution in [3.8, 4) is 5.88 Å². The molecule has 1 rings (SSSR count). The smallest absolute Gasteiger partial charge is 0.859 e. The normalized spacial score (nSPS) is 8.36. The summed E-state index contributed by atoms with van der Waals surface area (Å²) >= 11 is 0. The van der Waals surface area contributed by atoms with Crippen LogP contribution in [0, 0.1) is 10.1 Å². The van der Waals surface area contributed by atoms with Gasteiger partial charge in [-0.05, 0) is 11.9 Å². The van der Waals surface area contributed by atoms with Crippen LogP contribution in [0.4, 0.5) is 5.69 Å². The van der Waals surface area contributed by atoms with Gasteiger partial charge < -0.3 is 5.11 Å². The van der Waals surface area contributed by atoms with Gasteiger partial charge in [0.2, 0.25) is 0 Å². The Morgan fingerprint density at radius 2 is 2.09 bits per heavy atom. The molecule has 0 amide bonds. The van der Waals surface area contributed by atoms with Gasteiger partial charge in [0.25, 0.3) is 5.69 Å². The zero-order valence-electron chi connectivity index (χ0n) is 5.15. The molecule has 0 fully saturated rings. The van der Waals surface area contributed by atoms with Gasteiger partial charge in [0, 0.05) is 6.07 Å². The van der Waals surface area contributed by atoms with Gasteiger partial charge in [-0.2, -0.15) is 0 Å². The summed E-state index contributed by atoms with van der Waals surface area (Å²) < 4.78 is 0. The van der Waals surface area contributed by atoms with Gasteiger partial charge in [0.1, 0.15) is 6.20 Å². The van der Waals surface area contributed by atoms with E-state index in [0.29, 0.717) is 0 Å². The third-order valence-electron chi connectivity index (χ3n) is 0.932. The Bertz CT molecular complexity index is 248. The van der Waals surface area contributed by atoms with Crippen LogP contribution < -0.4 is 5.11 Å². The van der Waals surface area contributed by atoms with Gasteiger partial charge in [-0.15, -0.1) is 0 Å². The molecule has 0 saturated heterocycles. The topological polar surface area (TPSA) is 79.1 Å². The molecule has 0 aromatic carbocycles. The molecule has 0 N–H and O–H groups in total. The van der Waals surface area contributed by atoms with Crippen molar-refractivity contribution in [2.24, 2.45) is 0 Å². The molecular weight excluding hydrogens is 244 g/mol. The molecule has 0 atom stereocenters. The minimum absolute atomic E-state index is 0. The molecule has 0 aliphatic rings. The maximum Gasteiger partial charge on any atom is 1.00 e. The van der Waals surface area contributed by atoms with Gasteiger partial charge in [-0.1, -0.05) is 0 Å². The standard InChI is InChI=1S/C5H4N2O3.Ag/c8-5-2-1-4(3-6-5)7(9)10;/h1-3H,(H,6,8);/q;+1/p-1. The zero-order chi connectivity index (χ0) is 7.56. The van der Waals surface area contributed by atoms with Crippen molar-refractivity contribution in [2.45, 2.75) is 0 Å². The average Bonchev–Trinajstić information content (AvgIpc) is 1.88. The van der Waals surface area contributed by atoms with Crippen molar-refractivity contribution in [3.05, 3.63) is 28.4 Å². The van der Waals surface area contributed by atoms with Crippen LogP contribution in [0.1, 0.15) is 0 Å². The van der Waals surface area contributed by atoms with Gasteiger partial charge in [-0.25, -0.2) is 0 Å². The number of hydrogen-bond donors (Lipinski definition) is 0. The fourth-order valence-corrected chi connectivity index (χ4v) is 0.480. The minimum atomic E-state index is -0.605. The Balaban J connectivity index is 0.000001000. The van der Waals surface area contributed by atoms with E-state index in [0.717, 1.165) is 18.3 Å². The Kier molecular flexibility index (Phi) is 3.73. The Morgan fingerprint density at radius 3 is 2.45 bits per heavy atom. The van der Waals surface area contributed by atoms with E-state index in [1.165, 1.54) is 0 Å². The first-order chi connectivity index (χ1) is 4.70. The van der Waals surface area contributed by atoms with E-state index in [4.69, 9.17) is 0 Å². The second kappa shape index (κ2) is 4.07. The largest absolute Gasteiger partial charge is 1.00 e. The molecule has 0 bridgehead atoms. The van der Waals surface area contributed by atoms with E-state index in [-0.39, 0.29) is 28.1 Å². The molecule has 62 valence electrons. The summed E-state index contributed by atoms with van der Waals surface area (Å²) in [7, 11) is 0. The molecular formula is C5H3AgN2O3. The van der Waals surface area contributed by atoms with Crippen LogP contribution in [0.3, 0.4) is 0 Å². The van der Waals surface area contributed by atoms with E-state index >= 15 is 0 Å². The fourth-order valence-electron chi connectivity index (χ4n) is 0.480. The molecule has 6 heteroatoms. The third kappa shape index (κ3) is 2.67. The third-order valence-corrected chi connectivity index (χ3v) is 0.932. The number of nitro groups is 1. The summed E-state index contributed by atoms with van der Waals surface area (Å²) in [6.45, 7) is 0. The monoisotopic (exact) mass is 246 g/mol. The molecule has 0 spiro atoms. The van der Waals surface area contributed by atoms with E-state index < -0.39 is 10.8 Å². The molecule has 11 heavy (non-hydrogen) atoms. The maximum atomic E-state index is 10.3. The summed E-state index contributed by atoms with van der Waals surface area (Å²) in [5.74, 6) is -0.467. The Labute approximate surface area is 77.7 Å². The van der Waals surface area contributed by atoms with Gasteiger partial charge in [0.15, 0.2) is 0 Å². The second-order valence-electron chi connectivity index (χ2n) is 1.61. The van der Waals surface area contributed by atoms with Crippen LogP contribution in [-0.2, 0) is 22.4 Å². The van der Waals surface area contributed by atoms with E-state index in [1.54, 1.807) is 0 Å². The number of nitrogens with zero attached hydrogens (tertiary/aromatic N) is 2. The van der Waals surface area contributed by atoms with Crippen LogP contribution in [0.15, 0.2) is 18.3 Å². The maximum absolute atomic E-state index is 10.3. The number of rotatable bonds is 1. The summed E-state index contributed by atoms with van der Waals surface area (Å²) in [6.07, 6.45) is 0.933. The van der Waals surface area contributed by atoms with Gasteiger partial charge >= 0.3 is 22.4 Å². The minimum Gasteiger partial charge on any atom is -0.859 e. The SMILES string of the molecule is O=[N+]([O-])c1ccc([O-])nc1.[Ag+]. The van der Waals surface area contributed by atoms with Crippen molar-refractivity contribution in [3.63, 3.8) is 0 Å². The molecule has 0 aliphatic carbocycles. The van der Waals surface area contributed by atoms with Crippen molar-refractivity contribution in [1.29, 1.82) is 0 Å². The molecule has 1 heterocycles. The zero-order valence-corrected chi connectivity index (χ0v) is 6.63. The van der Waals surface area contributed by atoms with Crippen LogP contribution in [0.2, 0.25) is 0 Å². The fraction of sp³-hybridized carbons (Fsp3) is 0. The predicted octanol–water partition coefficient (Wildman–Crippen LogP) is 0.0609. The van der Waals surface area contributed by atoms with E-state index in [9.17, 15) is 15.2 Å². The quantitative estimate of drug-likeness (QED) is 0.399. The van der Waals surface area contributed by atoms with Crippen LogP contribution in [-0.4, -0.2) is 9.91 Å².